The van der Waals surface area contributed by atoms with Gasteiger partial charge in [-0.05, 0) is 42.3 Å². The van der Waals surface area contributed by atoms with E-state index in [1.54, 1.807) is 18.6 Å². The first kappa shape index (κ1) is 17.2. The first-order chi connectivity index (χ1) is 14.3. The summed E-state index contributed by atoms with van der Waals surface area (Å²) in [6, 6.07) is 18.2. The van der Waals surface area contributed by atoms with Crippen LogP contribution in [0.5, 0.6) is 5.88 Å². The van der Waals surface area contributed by atoms with Crippen LogP contribution in [0.4, 0.5) is 0 Å². The summed E-state index contributed by atoms with van der Waals surface area (Å²) < 4.78 is 8.08. The second-order valence-corrected chi connectivity index (χ2v) is 6.81. The van der Waals surface area contributed by atoms with Crippen molar-refractivity contribution in [1.82, 2.24) is 24.6 Å². The first-order valence-electron chi connectivity index (χ1n) is 9.39. The van der Waals surface area contributed by atoms with Gasteiger partial charge in [-0.15, -0.1) is 0 Å². The van der Waals surface area contributed by atoms with Gasteiger partial charge in [-0.2, -0.15) is 5.10 Å². The number of hydrogen-bond donors (Lipinski definition) is 1. The first-order valence-corrected chi connectivity index (χ1v) is 9.39. The van der Waals surface area contributed by atoms with Gasteiger partial charge >= 0.3 is 0 Å². The number of nitrogens with one attached hydrogen (secondary N) is 1. The van der Waals surface area contributed by atoms with Crippen LogP contribution in [0.15, 0.2) is 79.4 Å². The van der Waals surface area contributed by atoms with E-state index in [1.165, 1.54) is 0 Å². The molecule has 0 aliphatic carbocycles. The van der Waals surface area contributed by atoms with Crippen molar-refractivity contribution in [2.45, 2.75) is 13.5 Å². The molecule has 29 heavy (non-hydrogen) atoms. The molecule has 1 aromatic carbocycles. The maximum Gasteiger partial charge on any atom is 0.217 e. The van der Waals surface area contributed by atoms with E-state index in [-0.39, 0.29) is 0 Å². The Kier molecular flexibility index (Phi) is 4.29. The largest absolute Gasteiger partial charge is 0.473 e. The molecule has 0 amide bonds. The molecule has 5 aromatic rings. The van der Waals surface area contributed by atoms with Crippen LogP contribution in [0.2, 0.25) is 0 Å². The third kappa shape index (κ3) is 3.25. The smallest absolute Gasteiger partial charge is 0.217 e. The number of rotatable bonds is 5. The highest BCUT2D eigenvalue weighted by molar-refractivity contribution is 5.68. The van der Waals surface area contributed by atoms with E-state index in [2.05, 4.69) is 50.8 Å². The van der Waals surface area contributed by atoms with E-state index in [0.29, 0.717) is 12.5 Å². The maximum absolute atomic E-state index is 5.98. The van der Waals surface area contributed by atoms with Gasteiger partial charge in [-0.25, -0.2) is 10.1 Å². The van der Waals surface area contributed by atoms with E-state index in [9.17, 15) is 0 Å². The predicted molar refractivity (Wildman–Crippen MR) is 112 cm³/mol. The molecule has 0 aliphatic rings. The Morgan fingerprint density at radius 3 is 2.59 bits per heavy atom. The molecule has 142 valence electrons. The third-order valence-electron chi connectivity index (χ3n) is 4.98. The minimum Gasteiger partial charge on any atom is -0.473 e. The number of H-pyrrole nitrogens is 1. The highest BCUT2D eigenvalue weighted by Crippen LogP contribution is 2.28. The minimum atomic E-state index is 0.449. The van der Waals surface area contributed by atoms with Crippen LogP contribution in [0.3, 0.4) is 0 Å². The number of imidazole rings is 1. The van der Waals surface area contributed by atoms with E-state index in [1.807, 2.05) is 36.5 Å². The van der Waals surface area contributed by atoms with Gasteiger partial charge in [0.05, 0.1) is 17.5 Å². The molecule has 0 radical (unpaired) electrons. The molecule has 0 atom stereocenters. The summed E-state index contributed by atoms with van der Waals surface area (Å²) in [7, 11) is 0. The van der Waals surface area contributed by atoms with Gasteiger partial charge in [0.15, 0.2) is 0 Å². The Morgan fingerprint density at radius 1 is 0.966 bits per heavy atom. The highest BCUT2D eigenvalue weighted by Gasteiger charge is 2.11. The van der Waals surface area contributed by atoms with Crippen molar-refractivity contribution in [2.24, 2.45) is 0 Å². The number of hydrogen-bond acceptors (Lipinski definition) is 4. The quantitative estimate of drug-likeness (QED) is 0.480. The number of pyridine rings is 2. The van der Waals surface area contributed by atoms with E-state index in [0.717, 1.165) is 39.3 Å². The molecule has 0 unspecified atom stereocenters. The van der Waals surface area contributed by atoms with Crippen LogP contribution in [-0.4, -0.2) is 24.6 Å². The topological polar surface area (TPSA) is 68.1 Å². The summed E-state index contributed by atoms with van der Waals surface area (Å²) in [5, 5.41) is 7.04. The molecule has 0 saturated heterocycles. The van der Waals surface area contributed by atoms with Crippen molar-refractivity contribution in [3.8, 4) is 28.3 Å². The maximum atomic E-state index is 5.98. The summed E-state index contributed by atoms with van der Waals surface area (Å²) in [5.74, 6) is 0.650. The van der Waals surface area contributed by atoms with Gasteiger partial charge in [0.25, 0.3) is 0 Å². The molecule has 4 aromatic heterocycles. The number of aromatic nitrogens is 5. The average molecular weight is 381 g/mol. The lowest BCUT2D eigenvalue weighted by Crippen LogP contribution is -1.97. The number of fused-ring (bicyclic) bond motifs is 1. The Balaban J connectivity index is 1.34. The number of benzene rings is 1. The second-order valence-electron chi connectivity index (χ2n) is 6.81. The summed E-state index contributed by atoms with van der Waals surface area (Å²) in [4.78, 5) is 8.81. The zero-order valence-corrected chi connectivity index (χ0v) is 15.9. The SMILES string of the molecule is Cc1c(-c2ccc(COc3[nH]ncc3-c3ccncc3)cc2)nc2ccccn12. The lowest BCUT2D eigenvalue weighted by molar-refractivity contribution is 0.294. The second kappa shape index (κ2) is 7.24. The monoisotopic (exact) mass is 381 g/mol. The van der Waals surface area contributed by atoms with E-state index >= 15 is 0 Å². The molecular formula is C23H19N5O. The van der Waals surface area contributed by atoms with Gasteiger partial charge in [0, 0.05) is 29.8 Å². The highest BCUT2D eigenvalue weighted by atomic mass is 16.5. The Labute approximate surface area is 167 Å². The van der Waals surface area contributed by atoms with Crippen LogP contribution >= 0.6 is 0 Å². The van der Waals surface area contributed by atoms with Crippen molar-refractivity contribution in [1.29, 1.82) is 0 Å². The molecule has 0 bridgehead atoms. The summed E-state index contributed by atoms with van der Waals surface area (Å²) in [6.07, 6.45) is 7.31. The number of nitrogens with zero attached hydrogens (tertiary/aromatic N) is 4. The molecule has 6 heteroatoms. The van der Waals surface area contributed by atoms with Crippen LogP contribution in [0, 0.1) is 6.92 Å². The van der Waals surface area contributed by atoms with Gasteiger partial charge in [-0.1, -0.05) is 30.3 Å². The molecule has 4 heterocycles. The van der Waals surface area contributed by atoms with Gasteiger partial charge in [-0.3, -0.25) is 4.98 Å². The molecule has 0 saturated carbocycles. The molecule has 5 rings (SSSR count). The van der Waals surface area contributed by atoms with Crippen molar-refractivity contribution in [3.63, 3.8) is 0 Å². The zero-order chi connectivity index (χ0) is 19.6. The molecule has 0 fully saturated rings. The summed E-state index contributed by atoms with van der Waals surface area (Å²) in [6.45, 7) is 2.54. The zero-order valence-electron chi connectivity index (χ0n) is 15.9. The molecule has 6 nitrogen and oxygen atoms in total. The molecule has 0 aliphatic heterocycles. The van der Waals surface area contributed by atoms with Crippen LogP contribution in [0.1, 0.15) is 11.3 Å². The average Bonchev–Trinajstić information content (AvgIpc) is 3.38. The van der Waals surface area contributed by atoms with Crippen molar-refractivity contribution in [2.75, 3.05) is 0 Å². The van der Waals surface area contributed by atoms with Crippen molar-refractivity contribution < 1.29 is 4.74 Å². The van der Waals surface area contributed by atoms with Gasteiger partial charge in [0.1, 0.15) is 12.3 Å². The Morgan fingerprint density at radius 2 is 1.79 bits per heavy atom. The minimum absolute atomic E-state index is 0.449. The van der Waals surface area contributed by atoms with Crippen LogP contribution < -0.4 is 4.74 Å². The fraction of sp³-hybridized carbons (Fsp3) is 0.0870. The number of ether oxygens (including phenoxy) is 1. The van der Waals surface area contributed by atoms with E-state index < -0.39 is 0 Å². The predicted octanol–water partition coefficient (Wildman–Crippen LogP) is 4.67. The Bertz CT molecular complexity index is 1260. The van der Waals surface area contributed by atoms with E-state index in [4.69, 9.17) is 9.72 Å². The van der Waals surface area contributed by atoms with Crippen molar-refractivity contribution >= 4 is 5.65 Å². The molecule has 1 N–H and O–H groups in total. The molecule has 0 spiro atoms. The standard InChI is InChI=1S/C23H19N5O/c1-16-22(26-21-4-2-3-13-28(16)21)19-7-5-17(6-8-19)15-29-23-20(14-25-27-23)18-9-11-24-12-10-18/h2-14H,15H2,1H3,(H,25,27). The summed E-state index contributed by atoms with van der Waals surface area (Å²) >= 11 is 0. The number of aromatic amines is 1. The lowest BCUT2D eigenvalue weighted by atomic mass is 10.1. The van der Waals surface area contributed by atoms with Crippen LogP contribution in [0.25, 0.3) is 28.0 Å². The van der Waals surface area contributed by atoms with Gasteiger partial charge in [0.2, 0.25) is 5.88 Å². The third-order valence-corrected chi connectivity index (χ3v) is 4.98. The molecular weight excluding hydrogens is 362 g/mol. The fourth-order valence-corrected chi connectivity index (χ4v) is 3.43. The Hall–Kier alpha value is -3.93. The van der Waals surface area contributed by atoms with Crippen molar-refractivity contribution in [3.05, 3.63) is 90.6 Å². The normalized spacial score (nSPS) is 11.1. The van der Waals surface area contributed by atoms with Gasteiger partial charge < -0.3 is 9.14 Å². The number of aryl methyl sites for hydroxylation is 1. The lowest BCUT2D eigenvalue weighted by Gasteiger charge is -2.07. The summed E-state index contributed by atoms with van der Waals surface area (Å²) in [5.41, 5.74) is 7.18. The van der Waals surface area contributed by atoms with Crippen LogP contribution in [-0.2, 0) is 6.61 Å². The fourth-order valence-electron chi connectivity index (χ4n) is 3.43.